The van der Waals surface area contributed by atoms with E-state index in [1.165, 1.54) is 0 Å². The first-order valence-electron chi connectivity index (χ1n) is 7.21. The second kappa shape index (κ2) is 3.43. The number of anilines is 1. The zero-order valence-electron chi connectivity index (χ0n) is 11.8. The Morgan fingerprint density at radius 2 is 2.00 bits per heavy atom. The van der Waals surface area contributed by atoms with Crippen LogP contribution in [0.2, 0.25) is 0 Å². The molecule has 4 rings (SSSR count). The molecular weight excluding hydrogens is 254 g/mol. The highest BCUT2D eigenvalue weighted by atomic mass is 16.8. The van der Waals surface area contributed by atoms with Gasteiger partial charge in [0.25, 0.3) is 5.79 Å². The van der Waals surface area contributed by atoms with Crippen LogP contribution in [-0.2, 0) is 9.63 Å². The van der Waals surface area contributed by atoms with Crippen molar-refractivity contribution in [1.82, 2.24) is 0 Å². The number of carbonyl (C=O) groups is 1. The minimum atomic E-state index is -1.64. The number of hydroxylamine groups is 1. The van der Waals surface area contributed by atoms with Crippen molar-refractivity contribution in [3.63, 3.8) is 0 Å². The third kappa shape index (κ3) is 1.14. The molecule has 4 heteroatoms. The fourth-order valence-corrected chi connectivity index (χ4v) is 4.60. The van der Waals surface area contributed by atoms with E-state index < -0.39 is 11.2 Å². The zero-order chi connectivity index (χ0) is 14.2. The summed E-state index contributed by atoms with van der Waals surface area (Å²) in [5.41, 5.74) is 0.178. The van der Waals surface area contributed by atoms with Crippen molar-refractivity contribution in [2.45, 2.75) is 32.5 Å². The molecule has 1 aliphatic heterocycles. The molecule has 1 aromatic carbocycles. The number of Topliss-reactive ketones (excluding diaryl/α,β-unsaturated/α-hetero) is 1. The maximum absolute atomic E-state index is 12.7. The highest BCUT2D eigenvalue weighted by Gasteiger charge is 2.78. The molecule has 106 valence electrons. The Labute approximate surface area is 118 Å². The molecule has 1 aromatic rings. The van der Waals surface area contributed by atoms with Gasteiger partial charge in [-0.25, -0.2) is 9.90 Å². The Hall–Kier alpha value is -1.39. The van der Waals surface area contributed by atoms with Crippen molar-refractivity contribution in [3.05, 3.63) is 30.3 Å². The first-order chi connectivity index (χ1) is 9.42. The molecule has 3 fully saturated rings. The van der Waals surface area contributed by atoms with Crippen molar-refractivity contribution in [2.24, 2.45) is 16.7 Å². The van der Waals surface area contributed by atoms with Gasteiger partial charge in [0.05, 0.1) is 12.2 Å². The number of nitrogens with zero attached hydrogens (tertiary/aromatic N) is 1. The van der Waals surface area contributed by atoms with E-state index in [9.17, 15) is 9.90 Å². The molecule has 0 spiro atoms. The summed E-state index contributed by atoms with van der Waals surface area (Å²) >= 11 is 0. The van der Waals surface area contributed by atoms with Crippen LogP contribution in [-0.4, -0.2) is 23.2 Å². The minimum Gasteiger partial charge on any atom is -0.358 e. The molecule has 20 heavy (non-hydrogen) atoms. The minimum absolute atomic E-state index is 0.0903. The number of hydrogen-bond acceptors (Lipinski definition) is 4. The molecule has 1 N–H and O–H groups in total. The van der Waals surface area contributed by atoms with E-state index in [0.717, 1.165) is 18.5 Å². The van der Waals surface area contributed by atoms with Gasteiger partial charge in [-0.2, -0.15) is 0 Å². The molecule has 2 aliphatic carbocycles. The van der Waals surface area contributed by atoms with Crippen LogP contribution >= 0.6 is 0 Å². The first-order valence-corrected chi connectivity index (χ1v) is 7.21. The van der Waals surface area contributed by atoms with Crippen molar-refractivity contribution >= 4 is 11.5 Å². The lowest BCUT2D eigenvalue weighted by Gasteiger charge is -2.46. The fourth-order valence-electron chi connectivity index (χ4n) is 4.60. The normalized spacial score (nSPS) is 46.0. The van der Waals surface area contributed by atoms with Crippen LogP contribution in [0.5, 0.6) is 0 Å². The largest absolute Gasteiger partial charge is 0.358 e. The van der Waals surface area contributed by atoms with Gasteiger partial charge in [-0.3, -0.25) is 4.79 Å². The SMILES string of the molecule is CC12CCC3C(O)(ON(c4ccccc4)CC31C)C2=O. The molecule has 4 unspecified atom stereocenters. The quantitative estimate of drug-likeness (QED) is 0.851. The lowest BCUT2D eigenvalue weighted by atomic mass is 9.69. The topological polar surface area (TPSA) is 49.8 Å². The van der Waals surface area contributed by atoms with Crippen LogP contribution in [0.3, 0.4) is 0 Å². The summed E-state index contributed by atoms with van der Waals surface area (Å²) in [6.07, 6.45) is 1.71. The third-order valence-electron chi connectivity index (χ3n) is 6.03. The van der Waals surface area contributed by atoms with E-state index in [-0.39, 0.29) is 17.1 Å². The summed E-state index contributed by atoms with van der Waals surface area (Å²) in [6, 6.07) is 9.67. The van der Waals surface area contributed by atoms with E-state index in [0.29, 0.717) is 6.54 Å². The van der Waals surface area contributed by atoms with E-state index in [1.807, 2.05) is 37.3 Å². The third-order valence-corrected chi connectivity index (χ3v) is 6.03. The smallest absolute Gasteiger partial charge is 0.255 e. The number of hydrogen-bond donors (Lipinski definition) is 1. The lowest BCUT2D eigenvalue weighted by molar-refractivity contribution is -0.250. The number of para-hydroxylation sites is 1. The van der Waals surface area contributed by atoms with Crippen LogP contribution in [0.4, 0.5) is 5.69 Å². The number of benzene rings is 1. The lowest BCUT2D eigenvalue weighted by Crippen LogP contribution is -2.56. The molecule has 4 nitrogen and oxygen atoms in total. The molecule has 1 heterocycles. The van der Waals surface area contributed by atoms with Crippen molar-refractivity contribution < 1.29 is 14.7 Å². The van der Waals surface area contributed by atoms with Gasteiger partial charge in [-0.05, 0) is 25.0 Å². The standard InChI is InChI=1S/C16H19NO3/c1-14-9-8-12-15(14,2)10-17(11-6-4-3-5-7-11)20-16(12,19)13(14)18/h3-7,12,19H,8-10H2,1-2H3. The first kappa shape index (κ1) is 12.4. The average Bonchev–Trinajstić information content (AvgIpc) is 2.74. The van der Waals surface area contributed by atoms with Gasteiger partial charge >= 0.3 is 0 Å². The highest BCUT2D eigenvalue weighted by molar-refractivity contribution is 5.96. The van der Waals surface area contributed by atoms with E-state index in [4.69, 9.17) is 4.84 Å². The summed E-state index contributed by atoms with van der Waals surface area (Å²) in [5, 5.41) is 12.5. The van der Waals surface area contributed by atoms with Crippen LogP contribution in [0, 0.1) is 16.7 Å². The van der Waals surface area contributed by atoms with Crippen molar-refractivity contribution in [1.29, 1.82) is 0 Å². The average molecular weight is 273 g/mol. The summed E-state index contributed by atoms with van der Waals surface area (Å²) < 4.78 is 0. The highest BCUT2D eigenvalue weighted by Crippen LogP contribution is 2.69. The van der Waals surface area contributed by atoms with Crippen LogP contribution in [0.1, 0.15) is 26.7 Å². The predicted molar refractivity (Wildman–Crippen MR) is 73.8 cm³/mol. The molecular formula is C16H19NO3. The number of ketones is 1. The van der Waals surface area contributed by atoms with Gasteiger partial charge in [-0.1, -0.05) is 32.0 Å². The monoisotopic (exact) mass is 273 g/mol. The summed E-state index contributed by atoms with van der Waals surface area (Å²) in [7, 11) is 0. The molecule has 3 aliphatic rings. The van der Waals surface area contributed by atoms with Crippen molar-refractivity contribution in [3.8, 4) is 0 Å². The Kier molecular flexibility index (Phi) is 2.12. The van der Waals surface area contributed by atoms with Crippen LogP contribution in [0.15, 0.2) is 30.3 Å². The Bertz CT molecular complexity index is 589. The van der Waals surface area contributed by atoms with E-state index >= 15 is 0 Å². The van der Waals surface area contributed by atoms with Gasteiger partial charge in [-0.15, -0.1) is 0 Å². The second-order valence-electron chi connectivity index (χ2n) is 6.83. The fraction of sp³-hybridized carbons (Fsp3) is 0.562. The molecule has 0 aromatic heterocycles. The maximum Gasteiger partial charge on any atom is 0.255 e. The summed E-state index contributed by atoms with van der Waals surface area (Å²) in [5.74, 6) is -1.87. The second-order valence-corrected chi connectivity index (χ2v) is 6.83. The summed E-state index contributed by atoms with van der Waals surface area (Å²) in [6.45, 7) is 4.76. The van der Waals surface area contributed by atoms with Crippen LogP contribution in [0.25, 0.3) is 0 Å². The number of rotatable bonds is 1. The van der Waals surface area contributed by atoms with Crippen molar-refractivity contribution in [2.75, 3.05) is 11.6 Å². The zero-order valence-corrected chi connectivity index (χ0v) is 11.8. The van der Waals surface area contributed by atoms with Gasteiger partial charge in [0.2, 0.25) is 5.78 Å². The molecule has 4 bridgehead atoms. The van der Waals surface area contributed by atoms with E-state index in [2.05, 4.69) is 6.92 Å². The van der Waals surface area contributed by atoms with Gasteiger partial charge < -0.3 is 5.11 Å². The molecule has 1 saturated heterocycles. The van der Waals surface area contributed by atoms with Gasteiger partial charge in [0.15, 0.2) is 0 Å². The number of aliphatic hydroxyl groups is 1. The molecule has 0 radical (unpaired) electrons. The Morgan fingerprint density at radius 1 is 1.30 bits per heavy atom. The maximum atomic E-state index is 12.7. The predicted octanol–water partition coefficient (Wildman–Crippen LogP) is 2.13. The van der Waals surface area contributed by atoms with Gasteiger partial charge in [0, 0.05) is 16.7 Å². The van der Waals surface area contributed by atoms with E-state index in [1.54, 1.807) is 5.06 Å². The van der Waals surface area contributed by atoms with Gasteiger partial charge in [0.1, 0.15) is 0 Å². The Balaban J connectivity index is 1.81. The molecule has 0 amide bonds. The molecule has 2 saturated carbocycles. The molecule has 4 atom stereocenters. The Morgan fingerprint density at radius 3 is 2.65 bits per heavy atom. The van der Waals surface area contributed by atoms with Crippen LogP contribution < -0.4 is 5.06 Å². The summed E-state index contributed by atoms with van der Waals surface area (Å²) in [4.78, 5) is 18.4. The number of carbonyl (C=O) groups excluding carboxylic acids is 1.